The van der Waals surface area contributed by atoms with Crippen LogP contribution in [0.25, 0.3) is 0 Å². The molecule has 0 spiro atoms. The maximum Gasteiger partial charge on any atom is 0.254 e. The van der Waals surface area contributed by atoms with Crippen molar-refractivity contribution in [1.82, 2.24) is 9.21 Å². The SMILES string of the molecule is CCN(C(=O)c1cccc(S(=O)(=O)N(CC)CC)c1)[C@@H]1CCS(=O)(=O)C1. The molecule has 0 bridgehead atoms. The topological polar surface area (TPSA) is 91.8 Å². The minimum atomic E-state index is -3.66. The van der Waals surface area contributed by atoms with Crippen LogP contribution in [0.3, 0.4) is 0 Å². The van der Waals surface area contributed by atoms with E-state index >= 15 is 0 Å². The van der Waals surface area contributed by atoms with Gasteiger partial charge in [-0.15, -0.1) is 0 Å². The molecule has 0 unspecified atom stereocenters. The Hall–Kier alpha value is -1.45. The molecule has 1 aliphatic heterocycles. The first kappa shape index (κ1) is 20.9. The molecule has 1 amide bonds. The van der Waals surface area contributed by atoms with Crippen molar-refractivity contribution in [1.29, 1.82) is 0 Å². The normalized spacial score (nSPS) is 19.6. The molecule has 146 valence electrons. The zero-order valence-electron chi connectivity index (χ0n) is 15.4. The van der Waals surface area contributed by atoms with E-state index in [1.807, 2.05) is 0 Å². The molecule has 0 N–H and O–H groups in total. The molecule has 7 nitrogen and oxygen atoms in total. The van der Waals surface area contributed by atoms with Gasteiger partial charge in [0.2, 0.25) is 10.0 Å². The third-order valence-corrected chi connectivity index (χ3v) is 8.47. The molecule has 0 saturated carbocycles. The van der Waals surface area contributed by atoms with Gasteiger partial charge in [-0.25, -0.2) is 16.8 Å². The monoisotopic (exact) mass is 402 g/mol. The highest BCUT2D eigenvalue weighted by molar-refractivity contribution is 7.91. The molecular weight excluding hydrogens is 376 g/mol. The van der Waals surface area contributed by atoms with E-state index in [2.05, 4.69) is 0 Å². The highest BCUT2D eigenvalue weighted by Gasteiger charge is 2.34. The molecule has 0 aliphatic carbocycles. The molecular formula is C17H26N2O5S2. The van der Waals surface area contributed by atoms with Crippen molar-refractivity contribution < 1.29 is 21.6 Å². The van der Waals surface area contributed by atoms with Crippen LogP contribution in [-0.4, -0.2) is 69.1 Å². The minimum Gasteiger partial charge on any atom is -0.335 e. The second-order valence-corrected chi connectivity index (χ2v) is 10.4. The number of hydrogen-bond acceptors (Lipinski definition) is 5. The van der Waals surface area contributed by atoms with Crippen LogP contribution >= 0.6 is 0 Å². The highest BCUT2D eigenvalue weighted by atomic mass is 32.2. The van der Waals surface area contributed by atoms with Gasteiger partial charge in [0, 0.05) is 31.2 Å². The van der Waals surface area contributed by atoms with Gasteiger partial charge < -0.3 is 4.90 Å². The summed E-state index contributed by atoms with van der Waals surface area (Å²) >= 11 is 0. The molecule has 1 fully saturated rings. The lowest BCUT2D eigenvalue weighted by Crippen LogP contribution is -2.41. The number of rotatable bonds is 7. The third kappa shape index (κ3) is 4.27. The largest absolute Gasteiger partial charge is 0.335 e. The highest BCUT2D eigenvalue weighted by Crippen LogP contribution is 2.22. The summed E-state index contributed by atoms with van der Waals surface area (Å²) in [5, 5.41) is 0. The summed E-state index contributed by atoms with van der Waals surface area (Å²) in [6.07, 6.45) is 0.416. The number of benzene rings is 1. The summed E-state index contributed by atoms with van der Waals surface area (Å²) in [6.45, 7) is 6.37. The molecule has 1 aromatic carbocycles. The van der Waals surface area contributed by atoms with Gasteiger partial charge in [-0.05, 0) is 31.5 Å². The molecule has 9 heteroatoms. The van der Waals surface area contributed by atoms with Gasteiger partial charge in [0.05, 0.1) is 16.4 Å². The number of sulfonamides is 1. The van der Waals surface area contributed by atoms with Crippen LogP contribution < -0.4 is 0 Å². The third-order valence-electron chi connectivity index (χ3n) is 4.67. The minimum absolute atomic E-state index is 0.0377. The number of hydrogen-bond donors (Lipinski definition) is 0. The van der Waals surface area contributed by atoms with E-state index in [-0.39, 0.29) is 33.9 Å². The van der Waals surface area contributed by atoms with Gasteiger partial charge in [-0.2, -0.15) is 4.31 Å². The van der Waals surface area contributed by atoms with E-state index in [1.165, 1.54) is 21.3 Å². The van der Waals surface area contributed by atoms with E-state index < -0.39 is 19.9 Å². The molecule has 1 aliphatic rings. The van der Waals surface area contributed by atoms with Crippen molar-refractivity contribution in [2.24, 2.45) is 0 Å². The number of carbonyl (C=O) groups excluding carboxylic acids is 1. The Morgan fingerprint density at radius 3 is 2.31 bits per heavy atom. The van der Waals surface area contributed by atoms with Crippen molar-refractivity contribution in [2.45, 2.75) is 38.1 Å². The summed E-state index contributed by atoms with van der Waals surface area (Å²) in [5.74, 6) is -0.298. The number of carbonyl (C=O) groups is 1. The van der Waals surface area contributed by atoms with Gasteiger partial charge >= 0.3 is 0 Å². The van der Waals surface area contributed by atoms with Crippen LogP contribution in [0.4, 0.5) is 0 Å². The Labute approximate surface area is 156 Å². The van der Waals surface area contributed by atoms with Gasteiger partial charge in [-0.1, -0.05) is 19.9 Å². The second kappa shape index (κ2) is 8.06. The number of amides is 1. The lowest BCUT2D eigenvalue weighted by atomic mass is 10.1. The lowest BCUT2D eigenvalue weighted by Gasteiger charge is -2.27. The van der Waals surface area contributed by atoms with Crippen molar-refractivity contribution >= 4 is 25.8 Å². The Morgan fingerprint density at radius 2 is 1.81 bits per heavy atom. The molecule has 0 radical (unpaired) electrons. The summed E-state index contributed by atoms with van der Waals surface area (Å²) in [6, 6.07) is 5.60. The summed E-state index contributed by atoms with van der Waals surface area (Å²) in [4.78, 5) is 14.5. The van der Waals surface area contributed by atoms with E-state index in [0.717, 1.165) is 0 Å². The van der Waals surface area contributed by atoms with Crippen molar-refractivity contribution in [3.05, 3.63) is 29.8 Å². The van der Waals surface area contributed by atoms with Gasteiger partial charge in [0.15, 0.2) is 9.84 Å². The summed E-state index contributed by atoms with van der Waals surface area (Å²) in [5.41, 5.74) is 0.254. The Bertz CT molecular complexity index is 861. The van der Waals surface area contributed by atoms with E-state index in [4.69, 9.17) is 0 Å². The number of sulfone groups is 1. The fraction of sp³-hybridized carbons (Fsp3) is 0.588. The maximum atomic E-state index is 12.9. The van der Waals surface area contributed by atoms with Gasteiger partial charge in [0.25, 0.3) is 5.91 Å². The maximum absolute atomic E-state index is 12.9. The average molecular weight is 403 g/mol. The van der Waals surface area contributed by atoms with Crippen LogP contribution in [0.1, 0.15) is 37.6 Å². The van der Waals surface area contributed by atoms with Gasteiger partial charge in [-0.3, -0.25) is 4.79 Å². The first-order chi connectivity index (χ1) is 12.2. The molecule has 1 atom stereocenters. The zero-order chi connectivity index (χ0) is 19.5. The van der Waals surface area contributed by atoms with Crippen LogP contribution in [0.15, 0.2) is 29.2 Å². The smallest absolute Gasteiger partial charge is 0.254 e. The van der Waals surface area contributed by atoms with E-state index in [1.54, 1.807) is 32.9 Å². The standard InChI is InChI=1S/C17H26N2O5S2/c1-4-18(5-2)26(23,24)16-9-7-8-14(12-16)17(20)19(6-3)15-10-11-25(21,22)13-15/h7-9,12,15H,4-6,10-11,13H2,1-3H3/t15-/m1/s1. The zero-order valence-corrected chi connectivity index (χ0v) is 17.0. The van der Waals surface area contributed by atoms with Crippen molar-refractivity contribution in [3.63, 3.8) is 0 Å². The lowest BCUT2D eigenvalue weighted by molar-refractivity contribution is 0.0708. The Kier molecular flexibility index (Phi) is 6.46. The first-order valence-electron chi connectivity index (χ1n) is 8.77. The van der Waals surface area contributed by atoms with Crippen molar-refractivity contribution in [3.8, 4) is 0 Å². The summed E-state index contributed by atoms with van der Waals surface area (Å²) < 4.78 is 50.1. The molecule has 26 heavy (non-hydrogen) atoms. The van der Waals surface area contributed by atoms with E-state index in [0.29, 0.717) is 26.1 Å². The molecule has 0 aromatic heterocycles. The summed E-state index contributed by atoms with van der Waals surface area (Å²) in [7, 11) is -6.77. The Balaban J connectivity index is 2.33. The average Bonchev–Trinajstić information content (AvgIpc) is 2.96. The molecule has 2 rings (SSSR count). The molecule has 1 saturated heterocycles. The van der Waals surface area contributed by atoms with Crippen LogP contribution in [0.5, 0.6) is 0 Å². The predicted molar refractivity (Wildman–Crippen MR) is 100 cm³/mol. The van der Waals surface area contributed by atoms with Crippen LogP contribution in [-0.2, 0) is 19.9 Å². The van der Waals surface area contributed by atoms with Crippen molar-refractivity contribution in [2.75, 3.05) is 31.1 Å². The fourth-order valence-electron chi connectivity index (χ4n) is 3.26. The van der Waals surface area contributed by atoms with Crippen LogP contribution in [0, 0.1) is 0 Å². The molecule has 1 heterocycles. The number of nitrogens with zero attached hydrogens (tertiary/aromatic N) is 2. The quantitative estimate of drug-likeness (QED) is 0.687. The Morgan fingerprint density at radius 1 is 1.15 bits per heavy atom. The first-order valence-corrected chi connectivity index (χ1v) is 12.0. The van der Waals surface area contributed by atoms with Crippen LogP contribution in [0.2, 0.25) is 0 Å². The molecule has 1 aromatic rings. The predicted octanol–water partition coefficient (Wildman–Crippen LogP) is 1.37. The fourth-order valence-corrected chi connectivity index (χ4v) is 6.49. The van der Waals surface area contributed by atoms with Gasteiger partial charge in [0.1, 0.15) is 0 Å². The second-order valence-electron chi connectivity index (χ2n) is 6.27. The van der Waals surface area contributed by atoms with E-state index in [9.17, 15) is 21.6 Å².